The van der Waals surface area contributed by atoms with Gasteiger partial charge in [-0.05, 0) is 35.6 Å². The molecule has 0 fully saturated rings. The number of ether oxygens (including phenoxy) is 2. The number of amides is 1. The number of benzene rings is 2. The van der Waals surface area contributed by atoms with Crippen molar-refractivity contribution in [3.63, 3.8) is 0 Å². The van der Waals surface area contributed by atoms with E-state index in [1.165, 1.54) is 12.1 Å². The second-order valence-corrected chi connectivity index (χ2v) is 6.94. The van der Waals surface area contributed by atoms with Gasteiger partial charge in [-0.25, -0.2) is 14.0 Å². The molecule has 0 heterocycles. The molecule has 0 spiro atoms. The zero-order valence-electron chi connectivity index (χ0n) is 16.2. The number of hydrogen-bond donors (Lipinski definition) is 1. The van der Waals surface area contributed by atoms with Crippen molar-refractivity contribution in [3.8, 4) is 0 Å². The molecule has 2 aromatic carbocycles. The van der Waals surface area contributed by atoms with Crippen LogP contribution in [0.25, 0.3) is 0 Å². The van der Waals surface area contributed by atoms with Crippen LogP contribution in [0.15, 0.2) is 54.6 Å². The summed E-state index contributed by atoms with van der Waals surface area (Å²) in [6.07, 6.45) is 0.200. The van der Waals surface area contributed by atoms with Crippen LogP contribution in [0.3, 0.4) is 0 Å². The zero-order valence-corrected chi connectivity index (χ0v) is 16.2. The molecule has 150 valence electrons. The van der Waals surface area contributed by atoms with Crippen molar-refractivity contribution >= 4 is 12.1 Å². The summed E-state index contributed by atoms with van der Waals surface area (Å²) in [7, 11) is 0. The van der Waals surface area contributed by atoms with Crippen LogP contribution in [0.1, 0.15) is 31.4 Å². The highest BCUT2D eigenvalue weighted by atomic mass is 19.1. The minimum atomic E-state index is -0.916. The zero-order chi connectivity index (χ0) is 20.4. The average molecular weight is 387 g/mol. The number of alkyl carbamates (subject to hydrolysis) is 1. The van der Waals surface area contributed by atoms with Gasteiger partial charge in [0.15, 0.2) is 0 Å². The van der Waals surface area contributed by atoms with Crippen molar-refractivity contribution < 1.29 is 23.5 Å². The third-order valence-electron chi connectivity index (χ3n) is 4.08. The Morgan fingerprint density at radius 3 is 2.29 bits per heavy atom. The smallest absolute Gasteiger partial charge is 0.408 e. The Morgan fingerprint density at radius 1 is 0.964 bits per heavy atom. The Kier molecular flexibility index (Phi) is 8.46. The van der Waals surface area contributed by atoms with Gasteiger partial charge in [-0.15, -0.1) is 0 Å². The molecule has 28 heavy (non-hydrogen) atoms. The standard InChI is InChI=1S/C22H26FNO4/c1-16(2)12-13-27-21(25)20(14-17-8-10-19(23)11-9-17)24-22(26)28-15-18-6-4-3-5-7-18/h3-11,16,20H,12-15H2,1-2H3,(H,24,26)/t20-/m0/s1. The van der Waals surface area contributed by atoms with Gasteiger partial charge in [0, 0.05) is 6.42 Å². The molecule has 0 unspecified atom stereocenters. The molecule has 0 aliphatic heterocycles. The second kappa shape index (κ2) is 11.1. The highest BCUT2D eigenvalue weighted by Crippen LogP contribution is 2.09. The SMILES string of the molecule is CC(C)CCOC(=O)[C@H](Cc1ccc(F)cc1)NC(=O)OCc1ccccc1. The lowest BCUT2D eigenvalue weighted by molar-refractivity contribution is -0.146. The van der Waals surface area contributed by atoms with E-state index >= 15 is 0 Å². The Balaban J connectivity index is 1.96. The summed E-state index contributed by atoms with van der Waals surface area (Å²) in [6, 6.07) is 14.1. The molecule has 0 saturated carbocycles. The van der Waals surface area contributed by atoms with Crippen LogP contribution >= 0.6 is 0 Å². The van der Waals surface area contributed by atoms with E-state index < -0.39 is 18.1 Å². The summed E-state index contributed by atoms with van der Waals surface area (Å²) in [5.74, 6) is -0.510. The number of carbonyl (C=O) groups is 2. The number of carbonyl (C=O) groups excluding carboxylic acids is 2. The van der Waals surface area contributed by atoms with E-state index in [0.29, 0.717) is 11.5 Å². The van der Waals surface area contributed by atoms with Crippen molar-refractivity contribution in [2.24, 2.45) is 5.92 Å². The van der Waals surface area contributed by atoms with E-state index in [1.807, 2.05) is 44.2 Å². The van der Waals surface area contributed by atoms with Gasteiger partial charge in [0.05, 0.1) is 6.61 Å². The number of nitrogens with one attached hydrogen (secondary N) is 1. The fraction of sp³-hybridized carbons (Fsp3) is 0.364. The highest BCUT2D eigenvalue weighted by Gasteiger charge is 2.23. The summed E-state index contributed by atoms with van der Waals surface area (Å²) >= 11 is 0. The van der Waals surface area contributed by atoms with Crippen molar-refractivity contribution in [2.45, 2.75) is 39.3 Å². The predicted octanol–water partition coefficient (Wildman–Crippen LogP) is 4.25. The van der Waals surface area contributed by atoms with Gasteiger partial charge in [-0.1, -0.05) is 56.3 Å². The van der Waals surface area contributed by atoms with Gasteiger partial charge < -0.3 is 14.8 Å². The van der Waals surface area contributed by atoms with E-state index in [-0.39, 0.29) is 25.5 Å². The van der Waals surface area contributed by atoms with Crippen LogP contribution in [0.5, 0.6) is 0 Å². The molecule has 2 aromatic rings. The molecular formula is C22H26FNO4. The molecule has 0 aliphatic rings. The first kappa shape index (κ1) is 21.4. The van der Waals surface area contributed by atoms with E-state index in [4.69, 9.17) is 9.47 Å². The van der Waals surface area contributed by atoms with Crippen LogP contribution in [-0.4, -0.2) is 24.7 Å². The topological polar surface area (TPSA) is 64.6 Å². The Bertz CT molecular complexity index is 747. The maximum absolute atomic E-state index is 13.1. The maximum atomic E-state index is 13.1. The number of rotatable bonds is 9. The van der Waals surface area contributed by atoms with E-state index in [0.717, 1.165) is 12.0 Å². The van der Waals surface area contributed by atoms with Crippen LogP contribution in [-0.2, 0) is 27.3 Å². The number of hydrogen-bond acceptors (Lipinski definition) is 4. The lowest BCUT2D eigenvalue weighted by atomic mass is 10.1. The normalized spacial score (nSPS) is 11.7. The monoisotopic (exact) mass is 387 g/mol. The second-order valence-electron chi connectivity index (χ2n) is 6.94. The van der Waals surface area contributed by atoms with Crippen molar-refractivity contribution in [2.75, 3.05) is 6.61 Å². The predicted molar refractivity (Wildman–Crippen MR) is 104 cm³/mol. The largest absolute Gasteiger partial charge is 0.464 e. The van der Waals surface area contributed by atoms with Crippen molar-refractivity contribution in [1.82, 2.24) is 5.32 Å². The van der Waals surface area contributed by atoms with Crippen LogP contribution in [0.2, 0.25) is 0 Å². The van der Waals surface area contributed by atoms with Gasteiger partial charge in [-0.2, -0.15) is 0 Å². The molecular weight excluding hydrogens is 361 g/mol. The average Bonchev–Trinajstić information content (AvgIpc) is 2.68. The fourth-order valence-electron chi connectivity index (χ4n) is 2.45. The van der Waals surface area contributed by atoms with Gasteiger partial charge in [-0.3, -0.25) is 0 Å². The van der Waals surface area contributed by atoms with E-state index in [2.05, 4.69) is 5.32 Å². The molecule has 5 nitrogen and oxygen atoms in total. The molecule has 0 bridgehead atoms. The first-order chi connectivity index (χ1) is 13.4. The number of halogens is 1. The molecule has 0 radical (unpaired) electrons. The molecule has 1 N–H and O–H groups in total. The molecule has 0 aliphatic carbocycles. The quantitative estimate of drug-likeness (QED) is 0.653. The first-order valence-corrected chi connectivity index (χ1v) is 9.32. The maximum Gasteiger partial charge on any atom is 0.408 e. The first-order valence-electron chi connectivity index (χ1n) is 9.32. The van der Waals surface area contributed by atoms with E-state index in [1.54, 1.807) is 12.1 Å². The van der Waals surface area contributed by atoms with Crippen molar-refractivity contribution in [1.29, 1.82) is 0 Å². The summed E-state index contributed by atoms with van der Waals surface area (Å²) in [4.78, 5) is 24.6. The number of esters is 1. The third-order valence-corrected chi connectivity index (χ3v) is 4.08. The molecule has 0 saturated heterocycles. The van der Waals surface area contributed by atoms with Crippen LogP contribution in [0.4, 0.5) is 9.18 Å². The summed E-state index contributed by atoms with van der Waals surface area (Å²) in [5, 5.41) is 2.56. The molecule has 0 aromatic heterocycles. The molecule has 2 rings (SSSR count). The highest BCUT2D eigenvalue weighted by molar-refractivity contribution is 5.81. The molecule has 6 heteroatoms. The van der Waals surface area contributed by atoms with Crippen molar-refractivity contribution in [3.05, 3.63) is 71.5 Å². The summed E-state index contributed by atoms with van der Waals surface area (Å²) in [5.41, 5.74) is 1.54. The van der Waals surface area contributed by atoms with Crippen LogP contribution < -0.4 is 5.32 Å². The van der Waals surface area contributed by atoms with Gasteiger partial charge >= 0.3 is 12.1 Å². The lowest BCUT2D eigenvalue weighted by Gasteiger charge is -2.18. The molecule has 1 amide bonds. The van der Waals surface area contributed by atoms with Gasteiger partial charge in [0.1, 0.15) is 18.5 Å². The Hall–Kier alpha value is -2.89. The fourth-order valence-corrected chi connectivity index (χ4v) is 2.45. The molecule has 1 atom stereocenters. The Labute approximate surface area is 164 Å². The van der Waals surface area contributed by atoms with Crippen LogP contribution in [0, 0.1) is 11.7 Å². The Morgan fingerprint density at radius 2 is 1.64 bits per heavy atom. The van der Waals surface area contributed by atoms with Gasteiger partial charge in [0.25, 0.3) is 0 Å². The van der Waals surface area contributed by atoms with E-state index in [9.17, 15) is 14.0 Å². The van der Waals surface area contributed by atoms with Gasteiger partial charge in [0.2, 0.25) is 0 Å². The lowest BCUT2D eigenvalue weighted by Crippen LogP contribution is -2.43. The minimum Gasteiger partial charge on any atom is -0.464 e. The third kappa shape index (κ3) is 7.78. The summed E-state index contributed by atoms with van der Waals surface area (Å²) < 4.78 is 23.6. The summed E-state index contributed by atoms with van der Waals surface area (Å²) in [6.45, 7) is 4.43. The minimum absolute atomic E-state index is 0.0956.